The highest BCUT2D eigenvalue weighted by Gasteiger charge is 2.30. The summed E-state index contributed by atoms with van der Waals surface area (Å²) in [5, 5.41) is 9.14. The summed E-state index contributed by atoms with van der Waals surface area (Å²) in [5.74, 6) is -5.69. The molecule has 0 aliphatic carbocycles. The number of hydrogen-bond donors (Lipinski definition) is 2. The summed E-state index contributed by atoms with van der Waals surface area (Å²) in [6, 6.07) is 1.83. The number of halogens is 6. The van der Waals surface area contributed by atoms with Crippen LogP contribution in [0.3, 0.4) is 0 Å². The zero-order chi connectivity index (χ0) is 14.4. The van der Waals surface area contributed by atoms with Crippen LogP contribution in [-0.4, -0.2) is 11.4 Å². The highest BCUT2D eigenvalue weighted by Crippen LogP contribution is 2.37. The van der Waals surface area contributed by atoms with Crippen LogP contribution >= 0.6 is 0 Å². The van der Waals surface area contributed by atoms with E-state index in [9.17, 15) is 31.4 Å². The molecule has 0 bridgehead atoms. The maximum Gasteiger partial charge on any atom is 0.482 e. The van der Waals surface area contributed by atoms with Gasteiger partial charge in [0.2, 0.25) is 5.82 Å². The number of alkyl halides is 3. The lowest BCUT2D eigenvalue weighted by molar-refractivity contribution is -0.100. The van der Waals surface area contributed by atoms with Crippen LogP contribution in [0.5, 0.6) is 5.75 Å². The minimum absolute atomic E-state index is 0.377. The van der Waals surface area contributed by atoms with Gasteiger partial charge in [-0.2, -0.15) is 17.6 Å². The first-order valence-corrected chi connectivity index (χ1v) is 4.85. The molecule has 0 fully saturated rings. The van der Waals surface area contributed by atoms with Gasteiger partial charge in [0.1, 0.15) is 5.82 Å². The average Bonchev–Trinajstić information content (AvgIpc) is 2.29. The molecule has 19 heavy (non-hydrogen) atoms. The van der Waals surface area contributed by atoms with Gasteiger partial charge in [-0.25, -0.2) is 8.78 Å². The second-order valence-corrected chi connectivity index (χ2v) is 3.66. The Labute approximate surface area is 102 Å². The van der Waals surface area contributed by atoms with Crippen molar-refractivity contribution in [2.75, 3.05) is 5.32 Å². The third-order valence-electron chi connectivity index (χ3n) is 2.41. The normalized spacial score (nSPS) is 11.9. The molecule has 2 aromatic rings. The molecule has 2 nitrogen and oxygen atoms in total. The minimum Gasteiger partial charge on any atom is -0.504 e. The second kappa shape index (κ2) is 4.22. The Morgan fingerprint density at radius 1 is 0.947 bits per heavy atom. The summed E-state index contributed by atoms with van der Waals surface area (Å²) in [6.45, 7) is 0. The maximum atomic E-state index is 13.4. The third kappa shape index (κ3) is 2.38. The molecule has 0 radical (unpaired) electrons. The number of phenols is 1. The lowest BCUT2D eigenvalue weighted by atomic mass is 10.1. The average molecular weight is 281 g/mol. The molecule has 2 N–H and O–H groups in total. The lowest BCUT2D eigenvalue weighted by Gasteiger charge is -2.14. The molecule has 0 atom stereocenters. The summed E-state index contributed by atoms with van der Waals surface area (Å²) >= 11 is 0. The van der Waals surface area contributed by atoms with Gasteiger partial charge in [-0.3, -0.25) is 5.32 Å². The molecule has 0 aromatic heterocycles. The van der Waals surface area contributed by atoms with Crippen molar-refractivity contribution in [2.45, 2.75) is 6.30 Å². The minimum atomic E-state index is -4.96. The first-order valence-electron chi connectivity index (χ1n) is 4.85. The highest BCUT2D eigenvalue weighted by atomic mass is 19.4. The number of phenolic OH excluding ortho intramolecular Hbond substituents is 1. The van der Waals surface area contributed by atoms with E-state index in [-0.39, 0.29) is 0 Å². The van der Waals surface area contributed by atoms with Crippen molar-refractivity contribution in [3.63, 3.8) is 0 Å². The molecule has 102 valence electrons. The predicted molar refractivity (Wildman–Crippen MR) is 55.2 cm³/mol. The molecule has 0 aliphatic heterocycles. The van der Waals surface area contributed by atoms with E-state index >= 15 is 0 Å². The van der Waals surface area contributed by atoms with Crippen LogP contribution in [0, 0.1) is 17.5 Å². The van der Waals surface area contributed by atoms with E-state index < -0.39 is 46.0 Å². The number of anilines is 1. The fraction of sp³-hybridized carbons (Fsp3) is 0.0909. The van der Waals surface area contributed by atoms with Gasteiger partial charge in [-0.05, 0) is 18.2 Å². The van der Waals surface area contributed by atoms with Gasteiger partial charge < -0.3 is 5.11 Å². The number of rotatable bonds is 1. The molecule has 8 heteroatoms. The zero-order valence-electron chi connectivity index (χ0n) is 8.95. The van der Waals surface area contributed by atoms with Crippen molar-refractivity contribution in [1.29, 1.82) is 0 Å². The van der Waals surface area contributed by atoms with E-state index in [0.717, 1.165) is 11.4 Å². The van der Waals surface area contributed by atoms with Crippen LogP contribution in [0.1, 0.15) is 0 Å². The van der Waals surface area contributed by atoms with Gasteiger partial charge in [-0.15, -0.1) is 0 Å². The monoisotopic (exact) mass is 281 g/mol. The molecule has 0 unspecified atom stereocenters. The topological polar surface area (TPSA) is 32.3 Å². The van der Waals surface area contributed by atoms with Crippen LogP contribution in [0.25, 0.3) is 10.8 Å². The Morgan fingerprint density at radius 2 is 1.58 bits per heavy atom. The van der Waals surface area contributed by atoms with E-state index in [0.29, 0.717) is 12.1 Å². The first kappa shape index (κ1) is 13.3. The Bertz CT molecular complexity index is 652. The summed E-state index contributed by atoms with van der Waals surface area (Å²) < 4.78 is 76.2. The fourth-order valence-electron chi connectivity index (χ4n) is 1.64. The van der Waals surface area contributed by atoms with Gasteiger partial charge in [-0.1, -0.05) is 0 Å². The van der Waals surface area contributed by atoms with Gasteiger partial charge >= 0.3 is 6.30 Å². The van der Waals surface area contributed by atoms with Crippen molar-refractivity contribution >= 4 is 16.5 Å². The molecule has 0 saturated heterocycles. The smallest absolute Gasteiger partial charge is 0.482 e. The molecule has 2 rings (SSSR count). The largest absolute Gasteiger partial charge is 0.504 e. The zero-order valence-corrected chi connectivity index (χ0v) is 8.95. The van der Waals surface area contributed by atoms with Crippen LogP contribution in [-0.2, 0) is 0 Å². The molecule has 2 aromatic carbocycles. The number of benzene rings is 2. The number of fused-ring (bicyclic) bond motifs is 1. The summed E-state index contributed by atoms with van der Waals surface area (Å²) in [7, 11) is 0. The maximum absolute atomic E-state index is 13.4. The van der Waals surface area contributed by atoms with Gasteiger partial charge in [0.25, 0.3) is 0 Å². The number of nitrogens with one attached hydrogen (secondary N) is 1. The van der Waals surface area contributed by atoms with Gasteiger partial charge in [0, 0.05) is 10.8 Å². The first-order chi connectivity index (χ1) is 8.70. The van der Waals surface area contributed by atoms with Crippen molar-refractivity contribution in [3.8, 4) is 5.75 Å². The molecule has 0 aliphatic rings. The third-order valence-corrected chi connectivity index (χ3v) is 2.41. The van der Waals surface area contributed by atoms with E-state index in [4.69, 9.17) is 0 Å². The Hall–Kier alpha value is -2.12. The van der Waals surface area contributed by atoms with Crippen molar-refractivity contribution in [2.24, 2.45) is 0 Å². The lowest BCUT2D eigenvalue weighted by Crippen LogP contribution is -2.21. The van der Waals surface area contributed by atoms with Crippen LogP contribution in [0.15, 0.2) is 18.2 Å². The summed E-state index contributed by atoms with van der Waals surface area (Å²) in [5.41, 5.74) is -1.08. The fourth-order valence-corrected chi connectivity index (χ4v) is 1.64. The summed E-state index contributed by atoms with van der Waals surface area (Å²) in [6.07, 6.45) is -4.96. The van der Waals surface area contributed by atoms with Crippen LogP contribution in [0.4, 0.5) is 32.0 Å². The highest BCUT2D eigenvalue weighted by molar-refractivity contribution is 5.98. The standard InChI is InChI=1S/C11H5F6NO/c12-6-2-1-4-5(9(6)18-11(15,16)17)3-7(13)8(14)10(4)19/h1-3,18-19H. The van der Waals surface area contributed by atoms with Crippen LogP contribution in [0.2, 0.25) is 0 Å². The van der Waals surface area contributed by atoms with E-state index in [1.165, 1.54) is 0 Å². The molecular weight excluding hydrogens is 276 g/mol. The number of aromatic hydroxyl groups is 1. The Morgan fingerprint density at radius 3 is 2.16 bits per heavy atom. The van der Waals surface area contributed by atoms with Gasteiger partial charge in [0.15, 0.2) is 11.6 Å². The number of hydrogen-bond acceptors (Lipinski definition) is 2. The van der Waals surface area contributed by atoms with Crippen molar-refractivity contribution in [1.82, 2.24) is 0 Å². The van der Waals surface area contributed by atoms with E-state index in [1.807, 2.05) is 0 Å². The summed E-state index contributed by atoms with van der Waals surface area (Å²) in [4.78, 5) is 0. The van der Waals surface area contributed by atoms with E-state index in [1.54, 1.807) is 0 Å². The SMILES string of the molecule is Oc1c(F)c(F)cc2c(NC(F)(F)F)c(F)ccc12. The molecule has 0 amide bonds. The van der Waals surface area contributed by atoms with E-state index in [2.05, 4.69) is 0 Å². The molecular formula is C11H5F6NO. The van der Waals surface area contributed by atoms with Crippen molar-refractivity contribution < 1.29 is 31.4 Å². The predicted octanol–water partition coefficient (Wildman–Crippen LogP) is 3.89. The molecule has 0 heterocycles. The Balaban J connectivity index is 2.79. The Kier molecular flexibility index (Phi) is 2.95. The van der Waals surface area contributed by atoms with Crippen LogP contribution < -0.4 is 5.32 Å². The van der Waals surface area contributed by atoms with Gasteiger partial charge in [0.05, 0.1) is 5.69 Å². The second-order valence-electron chi connectivity index (χ2n) is 3.66. The molecule has 0 spiro atoms. The molecule has 0 saturated carbocycles. The quantitative estimate of drug-likeness (QED) is 0.614. The van der Waals surface area contributed by atoms with Crippen molar-refractivity contribution in [3.05, 3.63) is 35.7 Å².